The Kier molecular flexibility index (Phi) is 7.13. The molecule has 2 aromatic carbocycles. The standard InChI is InChI=1S/C26H31Cl2NO4/c1-25(2,3)33-24(30)9-12-29-13-10-26(11-14-29)17-32-23-8-7-18(15-20(23)26)31-16-19-21(27)5-4-6-22(19)28/h4-8,15H,9-14,16-17H2,1-3H3. The number of likely N-dealkylation sites (tertiary alicyclic amines) is 1. The molecule has 2 heterocycles. The lowest BCUT2D eigenvalue weighted by molar-refractivity contribution is -0.155. The maximum atomic E-state index is 12.1. The van der Waals surface area contributed by atoms with E-state index >= 15 is 0 Å². The van der Waals surface area contributed by atoms with Gasteiger partial charge in [0.2, 0.25) is 0 Å². The zero-order chi connectivity index (χ0) is 23.6. The Bertz CT molecular complexity index is 990. The Morgan fingerprint density at radius 1 is 1.12 bits per heavy atom. The molecule has 33 heavy (non-hydrogen) atoms. The van der Waals surface area contributed by atoms with E-state index in [0.29, 0.717) is 29.7 Å². The van der Waals surface area contributed by atoms with Crippen LogP contribution < -0.4 is 9.47 Å². The van der Waals surface area contributed by atoms with Gasteiger partial charge in [0.05, 0.1) is 13.0 Å². The van der Waals surface area contributed by atoms with E-state index in [1.54, 1.807) is 0 Å². The van der Waals surface area contributed by atoms with Crippen molar-refractivity contribution in [3.8, 4) is 11.5 Å². The third-order valence-electron chi connectivity index (χ3n) is 6.34. The number of hydrogen-bond acceptors (Lipinski definition) is 5. The number of rotatable bonds is 6. The number of ether oxygens (including phenoxy) is 3. The summed E-state index contributed by atoms with van der Waals surface area (Å²) in [5.41, 5.74) is 1.53. The number of esters is 1. The van der Waals surface area contributed by atoms with E-state index < -0.39 is 5.60 Å². The molecule has 4 rings (SSSR count). The van der Waals surface area contributed by atoms with Crippen LogP contribution in [-0.2, 0) is 21.6 Å². The van der Waals surface area contributed by atoms with Gasteiger partial charge in [0.15, 0.2) is 0 Å². The fraction of sp³-hybridized carbons (Fsp3) is 0.500. The quantitative estimate of drug-likeness (QED) is 0.461. The highest BCUT2D eigenvalue weighted by Crippen LogP contribution is 2.47. The summed E-state index contributed by atoms with van der Waals surface area (Å²) in [4.78, 5) is 14.4. The Labute approximate surface area is 205 Å². The fourth-order valence-electron chi connectivity index (χ4n) is 4.52. The molecule has 0 unspecified atom stereocenters. The van der Waals surface area contributed by atoms with Crippen LogP contribution in [0, 0.1) is 0 Å². The van der Waals surface area contributed by atoms with Crippen molar-refractivity contribution in [3.63, 3.8) is 0 Å². The molecule has 2 aliphatic rings. The molecule has 0 radical (unpaired) electrons. The van der Waals surface area contributed by atoms with E-state index in [-0.39, 0.29) is 11.4 Å². The molecule has 0 atom stereocenters. The van der Waals surface area contributed by atoms with E-state index in [1.807, 2.05) is 51.1 Å². The van der Waals surface area contributed by atoms with Crippen LogP contribution in [0.4, 0.5) is 0 Å². The highest BCUT2D eigenvalue weighted by atomic mass is 35.5. The maximum absolute atomic E-state index is 12.1. The van der Waals surface area contributed by atoms with Gasteiger partial charge in [-0.05, 0) is 77.0 Å². The van der Waals surface area contributed by atoms with Gasteiger partial charge in [0, 0.05) is 33.1 Å². The molecule has 0 aromatic heterocycles. The summed E-state index contributed by atoms with van der Waals surface area (Å²) in [5, 5.41) is 1.20. The molecule has 0 N–H and O–H groups in total. The van der Waals surface area contributed by atoms with E-state index in [0.717, 1.165) is 49.5 Å². The molecule has 5 nitrogen and oxygen atoms in total. The van der Waals surface area contributed by atoms with Gasteiger partial charge in [-0.2, -0.15) is 0 Å². The topological polar surface area (TPSA) is 48.0 Å². The van der Waals surface area contributed by atoms with Gasteiger partial charge in [0.1, 0.15) is 23.7 Å². The Balaban J connectivity index is 1.37. The molecule has 1 spiro atoms. The second-order valence-electron chi connectivity index (χ2n) is 9.89. The fourth-order valence-corrected chi connectivity index (χ4v) is 5.03. The molecule has 178 valence electrons. The number of carbonyl (C=O) groups excluding carboxylic acids is 1. The predicted octanol–water partition coefficient (Wildman–Crippen LogP) is 6.03. The maximum Gasteiger partial charge on any atom is 0.307 e. The number of hydrogen-bond donors (Lipinski definition) is 0. The van der Waals surface area contributed by atoms with Crippen LogP contribution >= 0.6 is 23.2 Å². The van der Waals surface area contributed by atoms with Crippen LogP contribution in [0.15, 0.2) is 36.4 Å². The number of fused-ring (bicyclic) bond motifs is 2. The molecule has 0 aliphatic carbocycles. The largest absolute Gasteiger partial charge is 0.492 e. The summed E-state index contributed by atoms with van der Waals surface area (Å²) in [6, 6.07) is 11.5. The van der Waals surface area contributed by atoms with Gasteiger partial charge in [-0.15, -0.1) is 0 Å². The number of piperidine rings is 1. The highest BCUT2D eigenvalue weighted by Gasteiger charge is 2.43. The smallest absolute Gasteiger partial charge is 0.307 e. The minimum Gasteiger partial charge on any atom is -0.492 e. The Morgan fingerprint density at radius 3 is 2.48 bits per heavy atom. The van der Waals surface area contributed by atoms with Crippen molar-refractivity contribution in [1.29, 1.82) is 0 Å². The van der Waals surface area contributed by atoms with Gasteiger partial charge in [-0.1, -0.05) is 29.3 Å². The average Bonchev–Trinajstić information content (AvgIpc) is 3.09. The average molecular weight is 492 g/mol. The monoisotopic (exact) mass is 491 g/mol. The first kappa shape index (κ1) is 24.2. The lowest BCUT2D eigenvalue weighted by Gasteiger charge is -2.38. The van der Waals surface area contributed by atoms with Crippen molar-refractivity contribution in [1.82, 2.24) is 4.90 Å². The number of carbonyl (C=O) groups is 1. The first-order valence-electron chi connectivity index (χ1n) is 11.4. The first-order chi connectivity index (χ1) is 15.7. The van der Waals surface area contributed by atoms with Crippen LogP contribution in [0.3, 0.4) is 0 Å². The SMILES string of the molecule is CC(C)(C)OC(=O)CCN1CCC2(CC1)COc1ccc(OCc3c(Cl)cccc3Cl)cc12. The number of halogens is 2. The third kappa shape index (κ3) is 5.76. The zero-order valence-electron chi connectivity index (χ0n) is 19.5. The van der Waals surface area contributed by atoms with Crippen LogP contribution in [0.2, 0.25) is 10.0 Å². The Hall–Kier alpha value is -1.95. The number of benzene rings is 2. The summed E-state index contributed by atoms with van der Waals surface area (Å²) in [6.07, 6.45) is 2.38. The van der Waals surface area contributed by atoms with Crippen molar-refractivity contribution in [2.75, 3.05) is 26.2 Å². The van der Waals surface area contributed by atoms with Gasteiger partial charge in [-0.25, -0.2) is 0 Å². The summed E-state index contributed by atoms with van der Waals surface area (Å²) in [7, 11) is 0. The van der Waals surface area contributed by atoms with Crippen molar-refractivity contribution in [2.24, 2.45) is 0 Å². The van der Waals surface area contributed by atoms with Gasteiger partial charge in [-0.3, -0.25) is 4.79 Å². The van der Waals surface area contributed by atoms with Crippen LogP contribution in [0.25, 0.3) is 0 Å². The molecule has 2 aromatic rings. The third-order valence-corrected chi connectivity index (χ3v) is 7.04. The first-order valence-corrected chi connectivity index (χ1v) is 12.2. The Morgan fingerprint density at radius 2 is 1.82 bits per heavy atom. The summed E-state index contributed by atoms with van der Waals surface area (Å²) < 4.78 is 17.5. The summed E-state index contributed by atoms with van der Waals surface area (Å²) >= 11 is 12.6. The van der Waals surface area contributed by atoms with Gasteiger partial charge >= 0.3 is 5.97 Å². The molecular formula is C26H31Cl2NO4. The van der Waals surface area contributed by atoms with Crippen molar-refractivity contribution in [3.05, 3.63) is 57.6 Å². The van der Waals surface area contributed by atoms with E-state index in [4.69, 9.17) is 37.4 Å². The van der Waals surface area contributed by atoms with Crippen LogP contribution in [0.5, 0.6) is 11.5 Å². The van der Waals surface area contributed by atoms with Crippen LogP contribution in [0.1, 0.15) is 51.2 Å². The van der Waals surface area contributed by atoms with Crippen molar-refractivity contribution < 1.29 is 19.0 Å². The second-order valence-corrected chi connectivity index (χ2v) is 10.7. The zero-order valence-corrected chi connectivity index (χ0v) is 21.0. The van der Waals surface area contributed by atoms with Crippen molar-refractivity contribution in [2.45, 2.75) is 57.7 Å². The van der Waals surface area contributed by atoms with E-state index in [2.05, 4.69) is 11.0 Å². The van der Waals surface area contributed by atoms with Gasteiger partial charge < -0.3 is 19.1 Å². The predicted molar refractivity (Wildman–Crippen MR) is 131 cm³/mol. The van der Waals surface area contributed by atoms with Gasteiger partial charge in [0.25, 0.3) is 0 Å². The number of nitrogens with zero attached hydrogens (tertiary/aromatic N) is 1. The highest BCUT2D eigenvalue weighted by molar-refractivity contribution is 6.35. The molecule has 1 fully saturated rings. The summed E-state index contributed by atoms with van der Waals surface area (Å²) in [5.74, 6) is 1.57. The molecule has 2 aliphatic heterocycles. The molecular weight excluding hydrogens is 461 g/mol. The summed E-state index contributed by atoms with van der Waals surface area (Å²) in [6.45, 7) is 9.25. The minimum atomic E-state index is -0.440. The lowest BCUT2D eigenvalue weighted by atomic mass is 9.74. The second kappa shape index (κ2) is 9.73. The van der Waals surface area contributed by atoms with Crippen molar-refractivity contribution >= 4 is 29.2 Å². The molecule has 1 saturated heterocycles. The molecule has 0 bridgehead atoms. The van der Waals surface area contributed by atoms with E-state index in [9.17, 15) is 4.79 Å². The minimum absolute atomic E-state index is 0.0147. The van der Waals surface area contributed by atoms with Crippen LogP contribution in [-0.4, -0.2) is 42.7 Å². The lowest BCUT2D eigenvalue weighted by Crippen LogP contribution is -2.44. The molecule has 7 heteroatoms. The molecule has 0 amide bonds. The van der Waals surface area contributed by atoms with E-state index in [1.165, 1.54) is 5.56 Å². The molecule has 0 saturated carbocycles. The normalized spacial score (nSPS) is 17.5.